The second kappa shape index (κ2) is 3.73. The van der Waals surface area contributed by atoms with Gasteiger partial charge in [-0.3, -0.25) is 0 Å². The fraction of sp³-hybridized carbons (Fsp3) is 0.529. The van der Waals surface area contributed by atoms with E-state index in [1.807, 2.05) is 0 Å². The summed E-state index contributed by atoms with van der Waals surface area (Å²) < 4.78 is 0. The summed E-state index contributed by atoms with van der Waals surface area (Å²) in [4.78, 5) is 0. The predicted molar refractivity (Wildman–Crippen MR) is 71.4 cm³/mol. The highest BCUT2D eigenvalue weighted by Gasteiger charge is 2.47. The van der Waals surface area contributed by atoms with Crippen LogP contribution in [0.1, 0.15) is 19.3 Å². The van der Waals surface area contributed by atoms with Crippen molar-refractivity contribution in [1.82, 2.24) is 0 Å². The topological polar surface area (TPSA) is 0 Å². The van der Waals surface area contributed by atoms with Crippen LogP contribution in [-0.2, 0) is 0 Å². The first-order chi connectivity index (χ1) is 8.43. The van der Waals surface area contributed by atoms with Gasteiger partial charge in [0.1, 0.15) is 0 Å². The molecule has 0 N–H and O–H groups in total. The number of hydrogen-bond donors (Lipinski definition) is 0. The molecule has 0 aromatic heterocycles. The summed E-state index contributed by atoms with van der Waals surface area (Å²) in [5.41, 5.74) is 0. The molecule has 4 aliphatic carbocycles. The van der Waals surface area contributed by atoms with Crippen molar-refractivity contribution in [2.45, 2.75) is 19.3 Å². The Morgan fingerprint density at radius 2 is 1.24 bits per heavy atom. The molecule has 0 heteroatoms. The smallest absolute Gasteiger partial charge is 0.0136 e. The summed E-state index contributed by atoms with van der Waals surface area (Å²) >= 11 is 0. The number of fused-ring (bicyclic) bond motifs is 5. The lowest BCUT2D eigenvalue weighted by molar-refractivity contribution is 0.158. The summed E-state index contributed by atoms with van der Waals surface area (Å²) in [6.07, 6.45) is 23.2. The maximum absolute atomic E-state index is 2.49. The molecule has 0 aromatic carbocycles. The Balaban J connectivity index is 1.66. The Kier molecular flexibility index (Phi) is 2.18. The summed E-state index contributed by atoms with van der Waals surface area (Å²) in [6.45, 7) is 0. The van der Waals surface area contributed by atoms with Crippen molar-refractivity contribution >= 4 is 0 Å². The Hall–Kier alpha value is -1.04. The fourth-order valence-electron chi connectivity index (χ4n) is 4.79. The third kappa shape index (κ3) is 1.43. The number of rotatable bonds is 0. The monoisotopic (exact) mass is 224 g/mol. The molecule has 4 rings (SSSR count). The molecule has 4 aliphatic rings. The minimum absolute atomic E-state index is 0.839. The first-order valence-corrected chi connectivity index (χ1v) is 7.13. The lowest BCUT2D eigenvalue weighted by Gasteiger charge is -2.40. The van der Waals surface area contributed by atoms with Gasteiger partial charge in [-0.15, -0.1) is 0 Å². The minimum Gasteiger partial charge on any atom is -0.0808 e. The second-order valence-electron chi connectivity index (χ2n) is 6.16. The predicted octanol–water partition coefficient (Wildman–Crippen LogP) is 4.13. The van der Waals surface area contributed by atoms with Gasteiger partial charge < -0.3 is 0 Å². The molecule has 0 aromatic rings. The molecular formula is C17H20. The zero-order valence-electron chi connectivity index (χ0n) is 10.2. The highest BCUT2D eigenvalue weighted by molar-refractivity contribution is 5.23. The maximum atomic E-state index is 2.49. The van der Waals surface area contributed by atoms with Crippen LogP contribution in [0.3, 0.4) is 0 Å². The molecule has 17 heavy (non-hydrogen) atoms. The molecule has 6 atom stereocenters. The van der Waals surface area contributed by atoms with Gasteiger partial charge in [0.25, 0.3) is 0 Å². The van der Waals surface area contributed by atoms with Crippen LogP contribution in [0.2, 0.25) is 0 Å². The van der Waals surface area contributed by atoms with E-state index in [0.29, 0.717) is 0 Å². The summed E-state index contributed by atoms with van der Waals surface area (Å²) in [5.74, 6) is 5.27. The van der Waals surface area contributed by atoms with Gasteiger partial charge in [-0.1, -0.05) is 48.6 Å². The molecule has 2 fully saturated rings. The molecule has 0 saturated heterocycles. The highest BCUT2D eigenvalue weighted by atomic mass is 14.5. The zero-order valence-corrected chi connectivity index (χ0v) is 10.2. The van der Waals surface area contributed by atoms with E-state index in [1.54, 1.807) is 0 Å². The largest absolute Gasteiger partial charge is 0.0808 e. The lowest BCUT2D eigenvalue weighted by atomic mass is 9.65. The van der Waals surface area contributed by atoms with Crippen molar-refractivity contribution in [3.05, 3.63) is 48.6 Å². The molecule has 0 nitrogen and oxygen atoms in total. The summed E-state index contributed by atoms with van der Waals surface area (Å²) in [6, 6.07) is 0. The van der Waals surface area contributed by atoms with Crippen LogP contribution in [0.15, 0.2) is 48.6 Å². The second-order valence-corrected chi connectivity index (χ2v) is 6.16. The number of hydrogen-bond acceptors (Lipinski definition) is 0. The van der Waals surface area contributed by atoms with E-state index in [4.69, 9.17) is 0 Å². The molecule has 0 heterocycles. The molecule has 6 unspecified atom stereocenters. The molecule has 0 spiro atoms. The van der Waals surface area contributed by atoms with Crippen LogP contribution in [0.4, 0.5) is 0 Å². The van der Waals surface area contributed by atoms with E-state index in [1.165, 1.54) is 19.3 Å². The fourth-order valence-corrected chi connectivity index (χ4v) is 4.79. The van der Waals surface area contributed by atoms with E-state index in [0.717, 1.165) is 35.5 Å². The minimum atomic E-state index is 0.839. The van der Waals surface area contributed by atoms with Gasteiger partial charge in [-0.25, -0.2) is 0 Å². The van der Waals surface area contributed by atoms with Crippen LogP contribution < -0.4 is 0 Å². The summed E-state index contributed by atoms with van der Waals surface area (Å²) in [7, 11) is 0. The van der Waals surface area contributed by atoms with Gasteiger partial charge >= 0.3 is 0 Å². The first kappa shape index (κ1) is 9.94. The van der Waals surface area contributed by atoms with Gasteiger partial charge in [-0.2, -0.15) is 0 Å². The highest BCUT2D eigenvalue weighted by Crippen LogP contribution is 2.55. The van der Waals surface area contributed by atoms with Crippen molar-refractivity contribution in [2.24, 2.45) is 35.5 Å². The molecule has 2 saturated carbocycles. The van der Waals surface area contributed by atoms with Crippen molar-refractivity contribution < 1.29 is 0 Å². The standard InChI is InChI=1S/C17H20/c1-3-7-14-12(5-1)9-10-16-15-8-4-2-6-13(15)11-17(14)16/h1-8,12-17H,9-11H2. The molecule has 0 aliphatic heterocycles. The third-order valence-corrected chi connectivity index (χ3v) is 5.51. The van der Waals surface area contributed by atoms with Gasteiger partial charge in [0.05, 0.1) is 0 Å². The van der Waals surface area contributed by atoms with Gasteiger partial charge in [-0.05, 0) is 54.8 Å². The van der Waals surface area contributed by atoms with Crippen LogP contribution in [0.5, 0.6) is 0 Å². The van der Waals surface area contributed by atoms with Gasteiger partial charge in [0.2, 0.25) is 0 Å². The average molecular weight is 224 g/mol. The Bertz CT molecular complexity index is 423. The average Bonchev–Trinajstić information content (AvgIpc) is 2.78. The SMILES string of the molecule is C1=CC2CC3C4C=CC=CC4CCC3C2C=C1. The van der Waals surface area contributed by atoms with Crippen LogP contribution in [-0.4, -0.2) is 0 Å². The maximum Gasteiger partial charge on any atom is -0.0136 e. The zero-order chi connectivity index (χ0) is 11.2. The van der Waals surface area contributed by atoms with Gasteiger partial charge in [0.15, 0.2) is 0 Å². The Morgan fingerprint density at radius 1 is 0.588 bits per heavy atom. The number of allylic oxidation sites excluding steroid dienone is 8. The van der Waals surface area contributed by atoms with Crippen molar-refractivity contribution in [3.63, 3.8) is 0 Å². The lowest BCUT2D eigenvalue weighted by Crippen LogP contribution is -2.32. The quantitative estimate of drug-likeness (QED) is 0.580. The molecule has 0 amide bonds. The first-order valence-electron chi connectivity index (χ1n) is 7.13. The molecule has 88 valence electrons. The van der Waals surface area contributed by atoms with E-state index in [9.17, 15) is 0 Å². The van der Waals surface area contributed by atoms with Crippen molar-refractivity contribution in [3.8, 4) is 0 Å². The van der Waals surface area contributed by atoms with E-state index in [2.05, 4.69) is 48.6 Å². The van der Waals surface area contributed by atoms with E-state index >= 15 is 0 Å². The van der Waals surface area contributed by atoms with Crippen molar-refractivity contribution in [1.29, 1.82) is 0 Å². The summed E-state index contributed by atoms with van der Waals surface area (Å²) in [5, 5.41) is 0. The third-order valence-electron chi connectivity index (χ3n) is 5.51. The Morgan fingerprint density at radius 3 is 2.06 bits per heavy atom. The normalized spacial score (nSPS) is 49.9. The van der Waals surface area contributed by atoms with Crippen LogP contribution in [0, 0.1) is 35.5 Å². The van der Waals surface area contributed by atoms with Crippen LogP contribution >= 0.6 is 0 Å². The van der Waals surface area contributed by atoms with E-state index < -0.39 is 0 Å². The Labute approximate surface area is 104 Å². The van der Waals surface area contributed by atoms with Crippen LogP contribution in [0.25, 0.3) is 0 Å². The van der Waals surface area contributed by atoms with E-state index in [-0.39, 0.29) is 0 Å². The van der Waals surface area contributed by atoms with Crippen molar-refractivity contribution in [2.75, 3.05) is 0 Å². The molecular weight excluding hydrogens is 204 g/mol. The molecule has 0 radical (unpaired) electrons. The van der Waals surface area contributed by atoms with Gasteiger partial charge in [0, 0.05) is 0 Å². The molecule has 0 bridgehead atoms.